The van der Waals surface area contributed by atoms with Crippen LogP contribution >= 0.6 is 11.8 Å². The maximum absolute atomic E-state index is 13.5. The molecule has 36 heavy (non-hydrogen) atoms. The van der Waals surface area contributed by atoms with E-state index in [9.17, 15) is 14.0 Å². The third-order valence-corrected chi connectivity index (χ3v) is 6.41. The average molecular weight is 511 g/mol. The van der Waals surface area contributed by atoms with Crippen LogP contribution in [0.25, 0.3) is 0 Å². The number of benzene rings is 2. The highest BCUT2D eigenvalue weighted by Gasteiger charge is 2.29. The first-order valence-electron chi connectivity index (χ1n) is 11.5. The van der Waals surface area contributed by atoms with Crippen LogP contribution in [0.15, 0.2) is 53.7 Å². The van der Waals surface area contributed by atoms with Crippen molar-refractivity contribution < 1.29 is 23.5 Å². The van der Waals surface area contributed by atoms with Gasteiger partial charge in [-0.2, -0.15) is 0 Å². The van der Waals surface area contributed by atoms with Crippen LogP contribution < -0.4 is 14.8 Å². The molecule has 188 valence electrons. The number of hydrogen-bond donors (Lipinski definition) is 1. The van der Waals surface area contributed by atoms with E-state index in [2.05, 4.69) is 15.3 Å². The van der Waals surface area contributed by atoms with Crippen LogP contribution in [0.5, 0.6) is 11.5 Å². The normalized spacial score (nSPS) is 12.8. The minimum Gasteiger partial charge on any atom is -0.454 e. The van der Waals surface area contributed by atoms with Gasteiger partial charge < -0.3 is 19.7 Å². The van der Waals surface area contributed by atoms with E-state index in [1.165, 1.54) is 28.8 Å². The number of ether oxygens (including phenoxy) is 2. The van der Waals surface area contributed by atoms with Crippen molar-refractivity contribution in [2.24, 2.45) is 0 Å². The second-order valence-electron chi connectivity index (χ2n) is 8.35. The van der Waals surface area contributed by atoms with Crippen molar-refractivity contribution in [3.63, 3.8) is 0 Å². The lowest BCUT2D eigenvalue weighted by atomic mass is 10.1. The van der Waals surface area contributed by atoms with E-state index in [0.29, 0.717) is 34.3 Å². The fraction of sp³-hybridized carbons (Fsp3) is 0.308. The number of aromatic nitrogens is 2. The summed E-state index contributed by atoms with van der Waals surface area (Å²) >= 11 is 1.22. The Bertz CT molecular complexity index is 1230. The molecule has 1 atom stereocenters. The van der Waals surface area contributed by atoms with Crippen molar-refractivity contribution in [1.29, 1.82) is 0 Å². The Morgan fingerprint density at radius 2 is 1.75 bits per heavy atom. The largest absolute Gasteiger partial charge is 0.454 e. The van der Waals surface area contributed by atoms with Gasteiger partial charge >= 0.3 is 0 Å². The summed E-state index contributed by atoms with van der Waals surface area (Å²) in [5.74, 6) is 0.257. The smallest absolute Gasteiger partial charge is 0.247 e. The van der Waals surface area contributed by atoms with Crippen molar-refractivity contribution in [3.05, 3.63) is 71.3 Å². The Labute approximate surface area is 213 Å². The lowest BCUT2D eigenvalue weighted by Crippen LogP contribution is -2.47. The molecule has 2 amide bonds. The summed E-state index contributed by atoms with van der Waals surface area (Å²) in [5.41, 5.74) is 2.88. The van der Waals surface area contributed by atoms with Crippen molar-refractivity contribution in [2.75, 3.05) is 17.9 Å². The minimum absolute atomic E-state index is 0.0535. The first-order chi connectivity index (χ1) is 17.3. The number of carbonyl (C=O) groups is 2. The zero-order valence-corrected chi connectivity index (χ0v) is 21.1. The Kier molecular flexibility index (Phi) is 8.04. The van der Waals surface area contributed by atoms with Crippen LogP contribution in [0.2, 0.25) is 0 Å². The van der Waals surface area contributed by atoms with Gasteiger partial charge in [0.2, 0.25) is 18.6 Å². The van der Waals surface area contributed by atoms with Gasteiger partial charge in [-0.3, -0.25) is 9.59 Å². The van der Waals surface area contributed by atoms with Gasteiger partial charge in [0, 0.05) is 29.7 Å². The number of anilines is 1. The molecular weight excluding hydrogens is 483 g/mol. The Morgan fingerprint density at radius 3 is 2.44 bits per heavy atom. The number of carbonyl (C=O) groups excluding carboxylic acids is 2. The van der Waals surface area contributed by atoms with Crippen LogP contribution in [0.1, 0.15) is 30.3 Å². The molecule has 0 fully saturated rings. The number of aryl methyl sites for hydroxylation is 2. The van der Waals surface area contributed by atoms with E-state index in [1.807, 2.05) is 26.8 Å². The van der Waals surface area contributed by atoms with Crippen LogP contribution in [0.4, 0.5) is 10.1 Å². The fourth-order valence-corrected chi connectivity index (χ4v) is 4.71. The summed E-state index contributed by atoms with van der Waals surface area (Å²) in [6.07, 6.45) is 0.383. The molecule has 1 aliphatic rings. The minimum atomic E-state index is -0.756. The summed E-state index contributed by atoms with van der Waals surface area (Å²) in [5, 5.41) is 3.38. The van der Waals surface area contributed by atoms with Gasteiger partial charge in [0.15, 0.2) is 16.7 Å². The quantitative estimate of drug-likeness (QED) is 0.335. The second kappa shape index (κ2) is 11.4. The highest BCUT2D eigenvalue weighted by molar-refractivity contribution is 7.99. The second-order valence-corrected chi connectivity index (χ2v) is 9.29. The van der Waals surface area contributed by atoms with E-state index in [1.54, 1.807) is 30.3 Å². The molecule has 0 spiro atoms. The number of rotatable bonds is 9. The molecule has 1 unspecified atom stereocenters. The molecule has 0 bridgehead atoms. The van der Waals surface area contributed by atoms with Crippen molar-refractivity contribution >= 4 is 29.3 Å². The lowest BCUT2D eigenvalue weighted by Gasteiger charge is -2.30. The number of fused-ring (bicyclic) bond motifs is 1. The van der Waals surface area contributed by atoms with E-state index in [-0.39, 0.29) is 36.7 Å². The van der Waals surface area contributed by atoms with Crippen molar-refractivity contribution in [2.45, 2.75) is 44.9 Å². The number of nitrogens with one attached hydrogen (secondary N) is 1. The van der Waals surface area contributed by atoms with Crippen LogP contribution in [-0.4, -0.2) is 45.3 Å². The number of thioether (sulfide) groups is 1. The van der Waals surface area contributed by atoms with Crippen LogP contribution in [-0.2, 0) is 16.1 Å². The predicted molar refractivity (Wildman–Crippen MR) is 134 cm³/mol. The maximum atomic E-state index is 13.5. The zero-order valence-electron chi connectivity index (χ0n) is 20.3. The van der Waals surface area contributed by atoms with Gasteiger partial charge in [0.25, 0.3) is 0 Å². The third kappa shape index (κ3) is 6.31. The molecule has 1 aromatic heterocycles. The highest BCUT2D eigenvalue weighted by Crippen LogP contribution is 2.34. The van der Waals surface area contributed by atoms with Crippen LogP contribution in [0.3, 0.4) is 0 Å². The molecule has 4 rings (SSSR count). The first kappa shape index (κ1) is 25.4. The van der Waals surface area contributed by atoms with Gasteiger partial charge in [0.1, 0.15) is 11.9 Å². The average Bonchev–Trinajstić information content (AvgIpc) is 3.31. The Hall–Kier alpha value is -3.66. The zero-order chi connectivity index (χ0) is 25.7. The SMILES string of the molecule is CCC(C(=O)Nc1ccc2c(c1)OCO2)N(Cc1ccc(F)cc1)C(=O)CSc1nc(C)cc(C)n1. The molecule has 8 nitrogen and oxygen atoms in total. The van der Waals surface area contributed by atoms with Gasteiger partial charge in [-0.15, -0.1) is 0 Å². The molecule has 3 aromatic rings. The summed E-state index contributed by atoms with van der Waals surface area (Å²) in [7, 11) is 0. The number of hydrogen-bond acceptors (Lipinski definition) is 7. The number of halogens is 1. The predicted octanol–water partition coefficient (Wildman–Crippen LogP) is 4.50. The lowest BCUT2D eigenvalue weighted by molar-refractivity contribution is -0.137. The monoisotopic (exact) mass is 510 g/mol. The molecular formula is C26H27FN4O4S. The summed E-state index contributed by atoms with van der Waals surface area (Å²) < 4.78 is 24.2. The molecule has 2 aromatic carbocycles. The summed E-state index contributed by atoms with van der Waals surface area (Å²) in [6.45, 7) is 5.87. The molecule has 2 heterocycles. The standard InChI is InChI=1S/C26H27FN4O4S/c1-4-21(25(33)30-20-9-10-22-23(12-20)35-15-34-22)31(13-18-5-7-19(27)8-6-18)24(32)14-36-26-28-16(2)11-17(3)29-26/h5-12,21H,4,13-15H2,1-3H3,(H,30,33). The maximum Gasteiger partial charge on any atom is 0.247 e. The molecule has 1 N–H and O–H groups in total. The molecule has 1 aliphatic heterocycles. The third-order valence-electron chi connectivity index (χ3n) is 5.58. The topological polar surface area (TPSA) is 93.7 Å². The Morgan fingerprint density at radius 1 is 1.06 bits per heavy atom. The molecule has 0 aliphatic carbocycles. The molecule has 0 saturated carbocycles. The van der Waals surface area contributed by atoms with Gasteiger partial charge in [-0.05, 0) is 56.2 Å². The van der Waals surface area contributed by atoms with Crippen molar-refractivity contribution in [3.8, 4) is 11.5 Å². The highest BCUT2D eigenvalue weighted by atomic mass is 32.2. The van der Waals surface area contributed by atoms with Crippen molar-refractivity contribution in [1.82, 2.24) is 14.9 Å². The van der Waals surface area contributed by atoms with E-state index in [4.69, 9.17) is 9.47 Å². The number of amides is 2. The van der Waals surface area contributed by atoms with Crippen LogP contribution in [0, 0.1) is 19.7 Å². The number of nitrogens with zero attached hydrogens (tertiary/aromatic N) is 3. The fourth-order valence-electron chi connectivity index (χ4n) is 3.87. The summed E-state index contributed by atoms with van der Waals surface area (Å²) in [6, 6.07) is 12.1. The summed E-state index contributed by atoms with van der Waals surface area (Å²) in [4.78, 5) is 37.0. The molecule has 0 radical (unpaired) electrons. The van der Waals surface area contributed by atoms with E-state index >= 15 is 0 Å². The first-order valence-corrected chi connectivity index (χ1v) is 12.5. The molecule has 0 saturated heterocycles. The van der Waals surface area contributed by atoms with Gasteiger partial charge in [-0.1, -0.05) is 30.8 Å². The van der Waals surface area contributed by atoms with Gasteiger partial charge in [0.05, 0.1) is 5.75 Å². The molecule has 10 heteroatoms. The van der Waals surface area contributed by atoms with Gasteiger partial charge in [-0.25, -0.2) is 14.4 Å². The Balaban J connectivity index is 1.53. The van der Waals surface area contributed by atoms with E-state index < -0.39 is 6.04 Å². The van der Waals surface area contributed by atoms with E-state index in [0.717, 1.165) is 11.4 Å².